The van der Waals surface area contributed by atoms with Crippen LogP contribution in [0.5, 0.6) is 0 Å². The van der Waals surface area contributed by atoms with E-state index in [0.717, 1.165) is 5.56 Å². The van der Waals surface area contributed by atoms with Crippen molar-refractivity contribution in [3.05, 3.63) is 48.0 Å². The third kappa shape index (κ3) is 4.51. The molecule has 0 bridgehead atoms. The van der Waals surface area contributed by atoms with E-state index < -0.39 is 0 Å². The summed E-state index contributed by atoms with van der Waals surface area (Å²) < 4.78 is 0. The molecule has 1 atom stereocenters. The molecule has 4 heteroatoms. The summed E-state index contributed by atoms with van der Waals surface area (Å²) in [6.45, 7) is 2.69. The number of benzene rings is 2. The maximum atomic E-state index is 11.8. The fourth-order valence-electron chi connectivity index (χ4n) is 1.97. The molecule has 2 aromatic carbocycles. The van der Waals surface area contributed by atoms with E-state index in [9.17, 15) is 4.79 Å². The Morgan fingerprint density at radius 3 is 2.55 bits per heavy atom. The summed E-state index contributed by atoms with van der Waals surface area (Å²) in [5, 5.41) is 8.40. The highest BCUT2D eigenvalue weighted by Crippen LogP contribution is 2.15. The van der Waals surface area contributed by atoms with Crippen LogP contribution in [0.2, 0.25) is 0 Å². The van der Waals surface area contributed by atoms with Crippen molar-refractivity contribution in [1.82, 2.24) is 10.6 Å². The molecule has 2 N–H and O–H groups in total. The lowest BCUT2D eigenvalue weighted by Crippen LogP contribution is -2.37. The zero-order valence-corrected chi connectivity index (χ0v) is 12.7. The van der Waals surface area contributed by atoms with Crippen molar-refractivity contribution in [2.45, 2.75) is 19.4 Å². The number of nitrogens with one attached hydrogen (secondary N) is 2. The van der Waals surface area contributed by atoms with Gasteiger partial charge in [-0.05, 0) is 30.3 Å². The fourth-order valence-corrected chi connectivity index (χ4v) is 1.97. The second-order valence-corrected chi connectivity index (χ2v) is 4.85. The fraction of sp³-hybridized carbons (Fsp3) is 0.312. The number of rotatable bonds is 5. The first-order chi connectivity index (χ1) is 9.19. The standard InChI is InChI=1S/C16H20N2O.ClH/c1-12(17-2)11-18-16(19)10-13-7-8-14-5-3-4-6-15(14)9-13;/h3-9,12,17H,10-11H2,1-2H3,(H,18,19);1H. The smallest absolute Gasteiger partial charge is 0.224 e. The molecule has 0 aliphatic heterocycles. The van der Waals surface area contributed by atoms with E-state index >= 15 is 0 Å². The van der Waals surface area contributed by atoms with Crippen molar-refractivity contribution in [2.24, 2.45) is 0 Å². The van der Waals surface area contributed by atoms with Gasteiger partial charge in [0, 0.05) is 12.6 Å². The average Bonchev–Trinajstić information content (AvgIpc) is 2.44. The van der Waals surface area contributed by atoms with Crippen LogP contribution in [0.3, 0.4) is 0 Å². The molecular formula is C16H21ClN2O. The average molecular weight is 293 g/mol. The molecule has 1 amide bonds. The van der Waals surface area contributed by atoms with E-state index in [2.05, 4.69) is 34.9 Å². The van der Waals surface area contributed by atoms with Gasteiger partial charge in [0.15, 0.2) is 0 Å². The van der Waals surface area contributed by atoms with Gasteiger partial charge in [0.05, 0.1) is 6.42 Å². The summed E-state index contributed by atoms with van der Waals surface area (Å²) in [7, 11) is 1.89. The summed E-state index contributed by atoms with van der Waals surface area (Å²) in [4.78, 5) is 11.8. The summed E-state index contributed by atoms with van der Waals surface area (Å²) in [6, 6.07) is 14.6. The highest BCUT2D eigenvalue weighted by molar-refractivity contribution is 5.85. The van der Waals surface area contributed by atoms with Gasteiger partial charge in [0.25, 0.3) is 0 Å². The minimum atomic E-state index is 0. The van der Waals surface area contributed by atoms with Crippen LogP contribution in [0.15, 0.2) is 42.5 Å². The highest BCUT2D eigenvalue weighted by Gasteiger charge is 2.05. The van der Waals surface area contributed by atoms with Gasteiger partial charge < -0.3 is 10.6 Å². The number of halogens is 1. The Balaban J connectivity index is 0.00000200. The molecule has 0 heterocycles. The first kappa shape index (κ1) is 16.5. The number of amides is 1. The van der Waals surface area contributed by atoms with E-state index in [1.165, 1.54) is 10.8 Å². The zero-order chi connectivity index (χ0) is 13.7. The molecule has 0 saturated heterocycles. The Hall–Kier alpha value is -1.58. The lowest BCUT2D eigenvalue weighted by Gasteiger charge is -2.11. The van der Waals surface area contributed by atoms with E-state index in [4.69, 9.17) is 0 Å². The highest BCUT2D eigenvalue weighted by atomic mass is 35.5. The number of hydrogen-bond donors (Lipinski definition) is 2. The number of carbonyl (C=O) groups excluding carboxylic acids is 1. The largest absolute Gasteiger partial charge is 0.354 e. The van der Waals surface area contributed by atoms with Crippen molar-refractivity contribution < 1.29 is 4.79 Å². The number of carbonyl (C=O) groups is 1. The van der Waals surface area contributed by atoms with Crippen LogP contribution in [-0.4, -0.2) is 25.5 Å². The van der Waals surface area contributed by atoms with Crippen LogP contribution >= 0.6 is 12.4 Å². The Bertz CT molecular complexity index is 571. The third-order valence-corrected chi connectivity index (χ3v) is 3.28. The maximum Gasteiger partial charge on any atom is 0.224 e. The summed E-state index contributed by atoms with van der Waals surface area (Å²) in [6.07, 6.45) is 0.432. The molecule has 0 saturated carbocycles. The molecule has 0 aliphatic rings. The van der Waals surface area contributed by atoms with Gasteiger partial charge in [-0.15, -0.1) is 12.4 Å². The molecule has 2 rings (SSSR count). The van der Waals surface area contributed by atoms with Crippen LogP contribution in [-0.2, 0) is 11.2 Å². The van der Waals surface area contributed by atoms with Gasteiger partial charge in [-0.2, -0.15) is 0 Å². The molecule has 108 valence electrons. The van der Waals surface area contributed by atoms with Crippen LogP contribution in [0, 0.1) is 0 Å². The number of likely N-dealkylation sites (N-methyl/N-ethyl adjacent to an activating group) is 1. The zero-order valence-electron chi connectivity index (χ0n) is 11.8. The first-order valence-corrected chi connectivity index (χ1v) is 6.60. The van der Waals surface area contributed by atoms with Gasteiger partial charge in [0.2, 0.25) is 5.91 Å². The first-order valence-electron chi connectivity index (χ1n) is 6.60. The summed E-state index contributed by atoms with van der Waals surface area (Å²) in [5.74, 6) is 0.0670. The van der Waals surface area contributed by atoms with Crippen LogP contribution in [0.4, 0.5) is 0 Å². The van der Waals surface area contributed by atoms with Crippen molar-refractivity contribution >= 4 is 29.1 Å². The Morgan fingerprint density at radius 2 is 1.85 bits per heavy atom. The van der Waals surface area contributed by atoms with Gasteiger partial charge in [-0.3, -0.25) is 4.79 Å². The molecule has 0 aliphatic carbocycles. The van der Waals surface area contributed by atoms with Crippen molar-refractivity contribution in [1.29, 1.82) is 0 Å². The van der Waals surface area contributed by atoms with E-state index in [1.807, 2.05) is 32.2 Å². The molecule has 0 aromatic heterocycles. The maximum absolute atomic E-state index is 11.8. The van der Waals surface area contributed by atoms with Gasteiger partial charge in [-0.25, -0.2) is 0 Å². The molecule has 3 nitrogen and oxygen atoms in total. The Morgan fingerprint density at radius 1 is 1.15 bits per heavy atom. The van der Waals surface area contributed by atoms with Crippen LogP contribution < -0.4 is 10.6 Å². The minimum Gasteiger partial charge on any atom is -0.354 e. The predicted octanol–water partition coefficient (Wildman–Crippen LogP) is 2.53. The van der Waals surface area contributed by atoms with Crippen LogP contribution in [0.1, 0.15) is 12.5 Å². The number of fused-ring (bicyclic) bond motifs is 1. The lowest BCUT2D eigenvalue weighted by atomic mass is 10.0. The lowest BCUT2D eigenvalue weighted by molar-refractivity contribution is -0.120. The van der Waals surface area contributed by atoms with E-state index in [1.54, 1.807) is 0 Å². The van der Waals surface area contributed by atoms with Gasteiger partial charge in [-0.1, -0.05) is 42.5 Å². The SMILES string of the molecule is CNC(C)CNC(=O)Cc1ccc2ccccc2c1.Cl. The summed E-state index contributed by atoms with van der Waals surface area (Å²) >= 11 is 0. The van der Waals surface area contributed by atoms with Crippen molar-refractivity contribution in [3.63, 3.8) is 0 Å². The normalized spacial score (nSPS) is 11.7. The molecule has 2 aromatic rings. The number of hydrogen-bond acceptors (Lipinski definition) is 2. The molecule has 0 spiro atoms. The van der Waals surface area contributed by atoms with E-state index in [-0.39, 0.29) is 18.3 Å². The summed E-state index contributed by atoms with van der Waals surface area (Å²) in [5.41, 5.74) is 1.05. The minimum absolute atomic E-state index is 0. The molecule has 20 heavy (non-hydrogen) atoms. The topological polar surface area (TPSA) is 41.1 Å². The van der Waals surface area contributed by atoms with Gasteiger partial charge >= 0.3 is 0 Å². The van der Waals surface area contributed by atoms with Crippen molar-refractivity contribution in [3.8, 4) is 0 Å². The Kier molecular flexibility index (Phi) is 6.49. The van der Waals surface area contributed by atoms with E-state index in [0.29, 0.717) is 19.0 Å². The third-order valence-electron chi connectivity index (χ3n) is 3.28. The van der Waals surface area contributed by atoms with Gasteiger partial charge in [0.1, 0.15) is 0 Å². The molecule has 1 unspecified atom stereocenters. The molecule has 0 radical (unpaired) electrons. The quantitative estimate of drug-likeness (QED) is 0.889. The Labute approximate surface area is 126 Å². The molecule has 0 fully saturated rings. The second kappa shape index (κ2) is 7.88. The predicted molar refractivity (Wildman–Crippen MR) is 86.4 cm³/mol. The second-order valence-electron chi connectivity index (χ2n) is 4.85. The molecular weight excluding hydrogens is 272 g/mol. The monoisotopic (exact) mass is 292 g/mol. The van der Waals surface area contributed by atoms with Crippen LogP contribution in [0.25, 0.3) is 10.8 Å². The van der Waals surface area contributed by atoms with Crippen molar-refractivity contribution in [2.75, 3.05) is 13.6 Å².